The van der Waals surface area contributed by atoms with Gasteiger partial charge in [0.05, 0.1) is 19.0 Å². The Balaban J connectivity index is 1.51. The summed E-state index contributed by atoms with van der Waals surface area (Å²) in [5, 5.41) is 21.6. The van der Waals surface area contributed by atoms with Crippen molar-refractivity contribution in [3.8, 4) is 0 Å². The second kappa shape index (κ2) is 14.8. The third-order valence-corrected chi connectivity index (χ3v) is 7.36. The summed E-state index contributed by atoms with van der Waals surface area (Å²) >= 11 is 0. The lowest BCUT2D eigenvalue weighted by Gasteiger charge is -2.27. The number of carbonyl (C=O) groups excluding carboxylic acids is 2. The third kappa shape index (κ3) is 9.93. The molecule has 2 aliphatic rings. The molecule has 3 rings (SSSR count). The smallest absolute Gasteiger partial charge is 0.305 e. The van der Waals surface area contributed by atoms with Gasteiger partial charge in [-0.1, -0.05) is 6.07 Å². The Morgan fingerprint density at radius 2 is 1.60 bits per heavy atom. The number of aromatic nitrogens is 1. The molecule has 1 unspecified atom stereocenters. The highest BCUT2D eigenvalue weighted by atomic mass is 16.4. The zero-order chi connectivity index (χ0) is 24.9. The summed E-state index contributed by atoms with van der Waals surface area (Å²) in [4.78, 5) is 41.0. The fraction of sp³-hybridized carbons (Fsp3) is 0.692. The molecule has 0 aliphatic carbocycles. The Labute approximate surface area is 208 Å². The van der Waals surface area contributed by atoms with Crippen LogP contribution < -0.4 is 21.3 Å². The predicted octanol–water partition coefficient (Wildman–Crippen LogP) is 2.01. The lowest BCUT2D eigenvalue weighted by Crippen LogP contribution is -2.41. The summed E-state index contributed by atoms with van der Waals surface area (Å²) in [6.07, 6.45) is 11.3. The zero-order valence-electron chi connectivity index (χ0n) is 20.6. The molecule has 3 heterocycles. The maximum absolute atomic E-state index is 13.1. The van der Waals surface area contributed by atoms with Gasteiger partial charge in [0.1, 0.15) is 0 Å². The van der Waals surface area contributed by atoms with Crippen molar-refractivity contribution in [1.29, 1.82) is 0 Å². The van der Waals surface area contributed by atoms with Crippen molar-refractivity contribution < 1.29 is 19.5 Å². The van der Waals surface area contributed by atoms with E-state index in [0.29, 0.717) is 17.4 Å². The van der Waals surface area contributed by atoms with Gasteiger partial charge in [-0.05, 0) is 101 Å². The largest absolute Gasteiger partial charge is 0.481 e. The summed E-state index contributed by atoms with van der Waals surface area (Å²) in [5.41, 5.74) is 0.622. The zero-order valence-corrected chi connectivity index (χ0v) is 20.6. The quantitative estimate of drug-likeness (QED) is 0.287. The van der Waals surface area contributed by atoms with Crippen molar-refractivity contribution in [3.05, 3.63) is 30.1 Å². The lowest BCUT2D eigenvalue weighted by atomic mass is 9.84. The molecule has 2 amide bonds. The van der Waals surface area contributed by atoms with Gasteiger partial charge >= 0.3 is 5.97 Å². The fourth-order valence-corrected chi connectivity index (χ4v) is 5.19. The minimum atomic E-state index is -1.01. The number of amides is 2. The Bertz CT molecular complexity index is 772. The number of hydrogen-bond acceptors (Lipinski definition) is 6. The highest BCUT2D eigenvalue weighted by Gasteiger charge is 2.25. The molecule has 1 aromatic rings. The van der Waals surface area contributed by atoms with Crippen LogP contribution in [0.5, 0.6) is 0 Å². The molecule has 194 valence electrons. The van der Waals surface area contributed by atoms with E-state index in [1.165, 1.54) is 0 Å². The number of hydrogen-bond donors (Lipinski definition) is 5. The van der Waals surface area contributed by atoms with Crippen LogP contribution in [-0.2, 0) is 14.4 Å². The lowest BCUT2D eigenvalue weighted by molar-refractivity contribution is -0.138. The molecule has 9 heteroatoms. The van der Waals surface area contributed by atoms with Crippen molar-refractivity contribution in [3.63, 3.8) is 0 Å². The topological polar surface area (TPSA) is 132 Å². The van der Waals surface area contributed by atoms with Crippen LogP contribution >= 0.6 is 0 Å². The van der Waals surface area contributed by atoms with Crippen molar-refractivity contribution in [2.75, 3.05) is 32.7 Å². The number of rotatable bonds is 13. The van der Waals surface area contributed by atoms with Crippen LogP contribution in [0.3, 0.4) is 0 Å². The minimum Gasteiger partial charge on any atom is -0.481 e. The first kappa shape index (κ1) is 27.1. The van der Waals surface area contributed by atoms with Gasteiger partial charge in [-0.2, -0.15) is 0 Å². The highest BCUT2D eigenvalue weighted by Crippen LogP contribution is 2.27. The normalized spacial score (nSPS) is 18.2. The summed E-state index contributed by atoms with van der Waals surface area (Å²) < 4.78 is 0. The van der Waals surface area contributed by atoms with Crippen molar-refractivity contribution in [2.24, 2.45) is 17.8 Å². The fourth-order valence-electron chi connectivity index (χ4n) is 5.19. The first-order chi connectivity index (χ1) is 17.0. The molecule has 2 saturated heterocycles. The van der Waals surface area contributed by atoms with Gasteiger partial charge in [0, 0.05) is 18.3 Å². The van der Waals surface area contributed by atoms with Crippen molar-refractivity contribution in [2.45, 2.75) is 63.8 Å². The van der Waals surface area contributed by atoms with Crippen LogP contribution in [0.25, 0.3) is 0 Å². The van der Waals surface area contributed by atoms with Gasteiger partial charge in [-0.3, -0.25) is 19.4 Å². The number of carbonyl (C=O) groups is 3. The number of carboxylic acid groups (broad SMARTS) is 1. The van der Waals surface area contributed by atoms with E-state index in [1.54, 1.807) is 24.5 Å². The van der Waals surface area contributed by atoms with Gasteiger partial charge in [0.15, 0.2) is 0 Å². The molecule has 5 N–H and O–H groups in total. The first-order valence-corrected chi connectivity index (χ1v) is 13.1. The summed E-state index contributed by atoms with van der Waals surface area (Å²) in [6, 6.07) is 2.74. The van der Waals surface area contributed by atoms with Gasteiger partial charge in [0.2, 0.25) is 11.8 Å². The predicted molar refractivity (Wildman–Crippen MR) is 134 cm³/mol. The van der Waals surface area contributed by atoms with E-state index in [4.69, 9.17) is 0 Å². The standard InChI is InChI=1S/C26H41N5O4/c32-24(31-23(16-25(33)34)22-2-1-11-29-17-22)18-30-26(35)21(5-3-19-7-12-27-13-8-19)6-4-20-9-14-28-15-10-20/h1-2,11,17,19-21,23,27-28H,3-10,12-16,18H2,(H,30,35)(H,31,32)(H,33,34). The van der Waals surface area contributed by atoms with Crippen molar-refractivity contribution >= 4 is 17.8 Å². The van der Waals surface area contributed by atoms with Gasteiger partial charge in [0.25, 0.3) is 0 Å². The second-order valence-corrected chi connectivity index (χ2v) is 9.96. The Morgan fingerprint density at radius 3 is 2.11 bits per heavy atom. The van der Waals surface area contributed by atoms with Gasteiger partial charge in [-0.25, -0.2) is 0 Å². The first-order valence-electron chi connectivity index (χ1n) is 13.1. The molecule has 0 aromatic carbocycles. The van der Waals surface area contributed by atoms with Crippen LogP contribution in [0.2, 0.25) is 0 Å². The maximum Gasteiger partial charge on any atom is 0.305 e. The number of nitrogens with one attached hydrogen (secondary N) is 4. The van der Waals surface area contributed by atoms with E-state index < -0.39 is 17.9 Å². The number of nitrogens with zero attached hydrogens (tertiary/aromatic N) is 1. The molecule has 0 spiro atoms. The Hall–Kier alpha value is -2.52. The van der Waals surface area contributed by atoms with E-state index in [1.807, 2.05) is 0 Å². The summed E-state index contributed by atoms with van der Waals surface area (Å²) in [7, 11) is 0. The van der Waals surface area contributed by atoms with E-state index in [0.717, 1.165) is 77.5 Å². The number of carboxylic acids is 1. The SMILES string of the molecule is O=C(O)CC(NC(=O)CNC(=O)C(CCC1CCNCC1)CCC1CCNCC1)c1cccnc1. The monoisotopic (exact) mass is 487 g/mol. The van der Waals surface area contributed by atoms with Crippen LogP contribution in [-0.4, -0.2) is 60.6 Å². The van der Waals surface area contributed by atoms with E-state index in [2.05, 4.69) is 26.3 Å². The summed E-state index contributed by atoms with van der Waals surface area (Å²) in [6.45, 7) is 4.03. The molecule has 0 radical (unpaired) electrons. The van der Waals surface area contributed by atoms with Crippen LogP contribution in [0, 0.1) is 17.8 Å². The third-order valence-electron chi connectivity index (χ3n) is 7.36. The molecule has 35 heavy (non-hydrogen) atoms. The minimum absolute atomic E-state index is 0.0702. The number of piperidine rings is 2. The molecule has 0 saturated carbocycles. The van der Waals surface area contributed by atoms with Crippen LogP contribution in [0.1, 0.15) is 69.4 Å². The average molecular weight is 488 g/mol. The maximum atomic E-state index is 13.1. The van der Waals surface area contributed by atoms with Gasteiger partial charge in [-0.15, -0.1) is 0 Å². The Morgan fingerprint density at radius 1 is 1.00 bits per heavy atom. The van der Waals surface area contributed by atoms with Crippen LogP contribution in [0.15, 0.2) is 24.5 Å². The number of aliphatic carboxylic acids is 1. The second-order valence-electron chi connectivity index (χ2n) is 9.96. The van der Waals surface area contributed by atoms with Gasteiger partial charge < -0.3 is 26.4 Å². The molecule has 1 atom stereocenters. The molecule has 2 fully saturated rings. The molecule has 1 aromatic heterocycles. The van der Waals surface area contributed by atoms with E-state index in [-0.39, 0.29) is 24.8 Å². The molecular formula is C26H41N5O4. The average Bonchev–Trinajstić information content (AvgIpc) is 2.88. The molecule has 9 nitrogen and oxygen atoms in total. The number of pyridine rings is 1. The molecule has 0 bridgehead atoms. The summed E-state index contributed by atoms with van der Waals surface area (Å²) in [5.74, 6) is -0.266. The van der Waals surface area contributed by atoms with Crippen LogP contribution in [0.4, 0.5) is 0 Å². The van der Waals surface area contributed by atoms with Crippen molar-refractivity contribution in [1.82, 2.24) is 26.3 Å². The highest BCUT2D eigenvalue weighted by molar-refractivity contribution is 5.86. The molecule has 2 aliphatic heterocycles. The van der Waals surface area contributed by atoms with E-state index >= 15 is 0 Å². The Kier molecular flexibility index (Phi) is 11.4. The molecular weight excluding hydrogens is 446 g/mol. The van der Waals surface area contributed by atoms with E-state index in [9.17, 15) is 19.5 Å².